The zero-order chi connectivity index (χ0) is 17.5. The van der Waals surface area contributed by atoms with Crippen LogP contribution in [0.25, 0.3) is 0 Å². The number of nitrogens with zero attached hydrogens (tertiary/aromatic N) is 2. The predicted molar refractivity (Wildman–Crippen MR) is 114 cm³/mol. The van der Waals surface area contributed by atoms with Crippen molar-refractivity contribution < 1.29 is 9.53 Å². The van der Waals surface area contributed by atoms with Crippen molar-refractivity contribution in [1.29, 1.82) is 0 Å². The third-order valence-electron chi connectivity index (χ3n) is 5.56. The highest BCUT2D eigenvalue weighted by Crippen LogP contribution is 2.32. The fraction of sp³-hybridized carbons (Fsp3) is 0.650. The summed E-state index contributed by atoms with van der Waals surface area (Å²) in [5, 5.41) is 3.37. The van der Waals surface area contributed by atoms with Gasteiger partial charge >= 0.3 is 0 Å². The van der Waals surface area contributed by atoms with Crippen LogP contribution in [0.2, 0.25) is 0 Å². The van der Waals surface area contributed by atoms with Crippen molar-refractivity contribution >= 4 is 30.7 Å². The highest BCUT2D eigenvalue weighted by Gasteiger charge is 2.42. The van der Waals surface area contributed by atoms with Gasteiger partial charge in [0.05, 0.1) is 12.0 Å². The second-order valence-electron chi connectivity index (χ2n) is 7.37. The van der Waals surface area contributed by atoms with E-state index in [1.165, 1.54) is 5.56 Å². The van der Waals surface area contributed by atoms with Crippen LogP contribution in [0.1, 0.15) is 24.8 Å². The molecule has 1 aromatic carbocycles. The second kappa shape index (κ2) is 11.9. The molecule has 2 saturated heterocycles. The molecule has 1 N–H and O–H groups in total. The van der Waals surface area contributed by atoms with Crippen LogP contribution in [0.3, 0.4) is 0 Å². The van der Waals surface area contributed by atoms with Gasteiger partial charge in [0.1, 0.15) is 0 Å². The Morgan fingerprint density at radius 3 is 2.44 bits per heavy atom. The Labute approximate surface area is 175 Å². The molecule has 3 rings (SSSR count). The molecule has 7 heteroatoms. The molecule has 154 valence electrons. The van der Waals surface area contributed by atoms with E-state index in [2.05, 4.69) is 45.4 Å². The summed E-state index contributed by atoms with van der Waals surface area (Å²) in [7, 11) is 1.71. The molecule has 5 nitrogen and oxygen atoms in total. The molecule has 0 unspecified atom stereocenters. The predicted octanol–water partition coefficient (Wildman–Crippen LogP) is 2.58. The SMILES string of the molecule is COCC1(C(=O)N2CCCN(Cc3ccccc3)CC2)CCNCC1.Cl.Cl. The molecule has 1 amide bonds. The monoisotopic (exact) mass is 417 g/mol. The number of amides is 1. The zero-order valence-electron chi connectivity index (χ0n) is 16.2. The van der Waals surface area contributed by atoms with Crippen molar-refractivity contribution in [2.24, 2.45) is 5.41 Å². The van der Waals surface area contributed by atoms with Gasteiger partial charge in [-0.2, -0.15) is 0 Å². The minimum atomic E-state index is -0.325. The van der Waals surface area contributed by atoms with E-state index >= 15 is 0 Å². The van der Waals surface area contributed by atoms with Gasteiger partial charge in [-0.25, -0.2) is 0 Å². The fourth-order valence-corrected chi connectivity index (χ4v) is 4.11. The Balaban J connectivity index is 0.00000182. The molecule has 2 aliphatic heterocycles. The van der Waals surface area contributed by atoms with Crippen molar-refractivity contribution in [2.45, 2.75) is 25.8 Å². The molecular formula is C20H33Cl2N3O2. The van der Waals surface area contributed by atoms with Crippen LogP contribution in [0.15, 0.2) is 30.3 Å². The maximum absolute atomic E-state index is 13.3. The fourth-order valence-electron chi connectivity index (χ4n) is 4.11. The summed E-state index contributed by atoms with van der Waals surface area (Å²) in [4.78, 5) is 17.8. The number of carbonyl (C=O) groups excluding carboxylic acids is 1. The Bertz CT molecular complexity index is 548. The van der Waals surface area contributed by atoms with Gasteiger partial charge in [0.15, 0.2) is 0 Å². The Morgan fingerprint density at radius 2 is 1.78 bits per heavy atom. The summed E-state index contributed by atoms with van der Waals surface area (Å²) < 4.78 is 5.44. The van der Waals surface area contributed by atoms with Gasteiger partial charge in [-0.1, -0.05) is 30.3 Å². The number of hydrogen-bond donors (Lipinski definition) is 1. The van der Waals surface area contributed by atoms with E-state index in [1.54, 1.807) is 7.11 Å². The molecule has 27 heavy (non-hydrogen) atoms. The Hall–Kier alpha value is -0.850. The number of methoxy groups -OCH3 is 1. The number of rotatable bonds is 5. The zero-order valence-corrected chi connectivity index (χ0v) is 17.8. The minimum absolute atomic E-state index is 0. The molecule has 0 aromatic heterocycles. The van der Waals surface area contributed by atoms with E-state index in [9.17, 15) is 4.79 Å². The van der Waals surface area contributed by atoms with Crippen LogP contribution in [0, 0.1) is 5.41 Å². The van der Waals surface area contributed by atoms with Gasteiger partial charge < -0.3 is 15.0 Å². The normalized spacial score (nSPS) is 20.1. The summed E-state index contributed by atoms with van der Waals surface area (Å²) in [5.74, 6) is 0.303. The number of hydrogen-bond acceptors (Lipinski definition) is 4. The van der Waals surface area contributed by atoms with Crippen molar-refractivity contribution in [1.82, 2.24) is 15.1 Å². The summed E-state index contributed by atoms with van der Waals surface area (Å²) in [6.07, 6.45) is 2.80. The van der Waals surface area contributed by atoms with Gasteiger partial charge in [-0.05, 0) is 37.9 Å². The van der Waals surface area contributed by atoms with E-state index in [-0.39, 0.29) is 30.2 Å². The van der Waals surface area contributed by atoms with Crippen LogP contribution < -0.4 is 5.32 Å². The molecule has 2 aliphatic rings. The van der Waals surface area contributed by atoms with E-state index in [4.69, 9.17) is 4.74 Å². The van der Waals surface area contributed by atoms with Gasteiger partial charge in [-0.15, -0.1) is 24.8 Å². The molecule has 0 aliphatic carbocycles. The first-order chi connectivity index (χ1) is 12.2. The molecule has 0 bridgehead atoms. The average molecular weight is 418 g/mol. The highest BCUT2D eigenvalue weighted by atomic mass is 35.5. The quantitative estimate of drug-likeness (QED) is 0.799. The molecule has 2 heterocycles. The summed E-state index contributed by atoms with van der Waals surface area (Å²) >= 11 is 0. The third-order valence-corrected chi connectivity index (χ3v) is 5.56. The van der Waals surface area contributed by atoms with E-state index in [0.29, 0.717) is 12.5 Å². The van der Waals surface area contributed by atoms with Gasteiger partial charge in [0, 0.05) is 39.8 Å². The second-order valence-corrected chi connectivity index (χ2v) is 7.37. The highest BCUT2D eigenvalue weighted by molar-refractivity contribution is 5.85. The smallest absolute Gasteiger partial charge is 0.231 e. The molecule has 0 atom stereocenters. The molecule has 1 aromatic rings. The van der Waals surface area contributed by atoms with Crippen molar-refractivity contribution in [3.63, 3.8) is 0 Å². The lowest BCUT2D eigenvalue weighted by molar-refractivity contribution is -0.147. The molecule has 0 radical (unpaired) electrons. The Morgan fingerprint density at radius 1 is 1.07 bits per heavy atom. The van der Waals surface area contributed by atoms with Crippen LogP contribution in [-0.4, -0.2) is 68.7 Å². The molecule has 0 saturated carbocycles. The first-order valence-electron chi connectivity index (χ1n) is 9.49. The summed E-state index contributed by atoms with van der Waals surface area (Å²) in [5.41, 5.74) is 1.02. The number of halogens is 2. The lowest BCUT2D eigenvalue weighted by Crippen LogP contribution is -2.52. The number of carbonyl (C=O) groups is 1. The topological polar surface area (TPSA) is 44.8 Å². The summed E-state index contributed by atoms with van der Waals surface area (Å²) in [6.45, 7) is 7.01. The number of benzene rings is 1. The van der Waals surface area contributed by atoms with Crippen molar-refractivity contribution in [3.05, 3.63) is 35.9 Å². The number of piperidine rings is 1. The van der Waals surface area contributed by atoms with Crippen LogP contribution in [0.4, 0.5) is 0 Å². The third kappa shape index (κ3) is 6.33. The van der Waals surface area contributed by atoms with Gasteiger partial charge in [0.25, 0.3) is 0 Å². The van der Waals surface area contributed by atoms with Crippen molar-refractivity contribution in [2.75, 3.05) is 53.0 Å². The molecular weight excluding hydrogens is 385 g/mol. The number of ether oxygens (including phenoxy) is 1. The van der Waals surface area contributed by atoms with Crippen LogP contribution in [-0.2, 0) is 16.1 Å². The van der Waals surface area contributed by atoms with Gasteiger partial charge in [-0.3, -0.25) is 9.69 Å². The van der Waals surface area contributed by atoms with Crippen LogP contribution in [0.5, 0.6) is 0 Å². The first kappa shape index (κ1) is 24.2. The Kier molecular flexibility index (Phi) is 10.6. The number of nitrogens with one attached hydrogen (secondary N) is 1. The molecule has 2 fully saturated rings. The lowest BCUT2D eigenvalue weighted by atomic mass is 9.78. The van der Waals surface area contributed by atoms with E-state index in [1.807, 2.05) is 0 Å². The largest absolute Gasteiger partial charge is 0.384 e. The summed E-state index contributed by atoms with van der Waals surface area (Å²) in [6, 6.07) is 10.6. The standard InChI is InChI=1S/C20H31N3O2.2ClH/c1-25-17-20(8-10-21-11-9-20)19(24)23-13-5-12-22(14-15-23)16-18-6-3-2-4-7-18;;/h2-4,6-7,21H,5,8-17H2,1H3;2*1H. The lowest BCUT2D eigenvalue weighted by Gasteiger charge is -2.39. The minimum Gasteiger partial charge on any atom is -0.384 e. The van der Waals surface area contributed by atoms with E-state index < -0.39 is 0 Å². The van der Waals surface area contributed by atoms with Gasteiger partial charge in [0.2, 0.25) is 5.91 Å². The van der Waals surface area contributed by atoms with Crippen molar-refractivity contribution in [3.8, 4) is 0 Å². The first-order valence-corrected chi connectivity index (χ1v) is 9.49. The van der Waals surface area contributed by atoms with E-state index in [0.717, 1.165) is 65.1 Å². The molecule has 0 spiro atoms. The maximum Gasteiger partial charge on any atom is 0.231 e. The average Bonchev–Trinajstić information content (AvgIpc) is 2.88. The van der Waals surface area contributed by atoms with Crippen LogP contribution >= 0.6 is 24.8 Å². The maximum atomic E-state index is 13.3.